The van der Waals surface area contributed by atoms with Crippen LogP contribution in [0.4, 0.5) is 16.0 Å². The molecule has 1 fully saturated rings. The quantitative estimate of drug-likeness (QED) is 0.653. The molecule has 0 saturated carbocycles. The van der Waals surface area contributed by atoms with E-state index in [2.05, 4.69) is 10.2 Å². The van der Waals surface area contributed by atoms with E-state index < -0.39 is 12.4 Å². The van der Waals surface area contributed by atoms with Gasteiger partial charge in [0.05, 0.1) is 36.8 Å². The van der Waals surface area contributed by atoms with Gasteiger partial charge >= 0.3 is 0 Å². The molecule has 1 aromatic heterocycles. The molecule has 3 aromatic rings. The van der Waals surface area contributed by atoms with Gasteiger partial charge in [0.25, 0.3) is 5.56 Å². The number of anilines is 2. The van der Waals surface area contributed by atoms with E-state index in [-0.39, 0.29) is 17.2 Å². The molecule has 2 N–H and O–H groups in total. The Morgan fingerprint density at radius 3 is 2.74 bits per heavy atom. The second-order valence-corrected chi connectivity index (χ2v) is 7.92. The minimum Gasteiger partial charge on any atom is -0.391 e. The molecule has 0 spiro atoms. The number of rotatable bonds is 5. The first-order chi connectivity index (χ1) is 14.9. The Kier molecular flexibility index (Phi) is 5.93. The Hall–Kier alpha value is -2.97. The third-order valence-corrected chi connectivity index (χ3v) is 5.74. The molecule has 0 amide bonds. The lowest BCUT2D eigenvalue weighted by Crippen LogP contribution is -2.40. The summed E-state index contributed by atoms with van der Waals surface area (Å²) in [6.45, 7) is 6.00. The van der Waals surface area contributed by atoms with Crippen molar-refractivity contribution in [2.45, 2.75) is 26.5 Å². The molecule has 0 bridgehead atoms. The first-order valence-corrected chi connectivity index (χ1v) is 10.4. The lowest BCUT2D eigenvalue weighted by Gasteiger charge is -2.29. The summed E-state index contributed by atoms with van der Waals surface area (Å²) >= 11 is 0. The highest BCUT2D eigenvalue weighted by atomic mass is 19.1. The van der Waals surface area contributed by atoms with Crippen molar-refractivity contribution in [1.29, 1.82) is 0 Å². The summed E-state index contributed by atoms with van der Waals surface area (Å²) in [4.78, 5) is 20.1. The van der Waals surface area contributed by atoms with Crippen molar-refractivity contribution >= 4 is 22.5 Å². The first kappa shape index (κ1) is 21.3. The van der Waals surface area contributed by atoms with Crippen LogP contribution in [0, 0.1) is 12.7 Å². The number of aryl methyl sites for hydroxylation is 1. The minimum atomic E-state index is -0.463. The maximum Gasteiger partial charge on any atom is 0.262 e. The summed E-state index contributed by atoms with van der Waals surface area (Å²) in [6.07, 6.45) is 0. The van der Waals surface area contributed by atoms with Crippen LogP contribution in [0.25, 0.3) is 10.9 Å². The van der Waals surface area contributed by atoms with Crippen molar-refractivity contribution < 1.29 is 14.2 Å². The molecule has 1 aliphatic rings. The lowest BCUT2D eigenvalue weighted by atomic mass is 10.0. The van der Waals surface area contributed by atoms with Gasteiger partial charge in [-0.2, -0.15) is 0 Å². The number of ether oxygens (including phenoxy) is 1. The Labute approximate surface area is 180 Å². The SMILES string of the molecule is Cc1cc([C@@H](C)Nc2cccc(F)c2CO)c2nc(N3CCOCC3)n(C)c(=O)c2c1. The summed E-state index contributed by atoms with van der Waals surface area (Å²) in [7, 11) is 1.74. The van der Waals surface area contributed by atoms with Crippen molar-refractivity contribution in [2.24, 2.45) is 7.05 Å². The second kappa shape index (κ2) is 8.64. The van der Waals surface area contributed by atoms with Crippen molar-refractivity contribution in [3.05, 3.63) is 63.2 Å². The fraction of sp³-hybridized carbons (Fsp3) is 0.391. The average molecular weight is 426 g/mol. The van der Waals surface area contributed by atoms with Gasteiger partial charge in [0.1, 0.15) is 5.82 Å². The van der Waals surface area contributed by atoms with Gasteiger partial charge in [-0.15, -0.1) is 0 Å². The van der Waals surface area contributed by atoms with E-state index in [1.165, 1.54) is 6.07 Å². The Morgan fingerprint density at radius 1 is 1.29 bits per heavy atom. The van der Waals surface area contributed by atoms with Gasteiger partial charge in [0, 0.05) is 37.0 Å². The monoisotopic (exact) mass is 426 g/mol. The average Bonchev–Trinajstić information content (AvgIpc) is 2.77. The summed E-state index contributed by atoms with van der Waals surface area (Å²) in [5, 5.41) is 13.4. The number of aliphatic hydroxyl groups excluding tert-OH is 1. The van der Waals surface area contributed by atoms with Crippen LogP contribution >= 0.6 is 0 Å². The number of aliphatic hydroxyl groups is 1. The number of fused-ring (bicyclic) bond motifs is 1. The lowest BCUT2D eigenvalue weighted by molar-refractivity contribution is 0.121. The molecule has 31 heavy (non-hydrogen) atoms. The van der Waals surface area contributed by atoms with Crippen LogP contribution in [0.3, 0.4) is 0 Å². The van der Waals surface area contributed by atoms with Crippen LogP contribution in [-0.4, -0.2) is 41.0 Å². The largest absolute Gasteiger partial charge is 0.391 e. The van der Waals surface area contributed by atoms with E-state index >= 15 is 0 Å². The Morgan fingerprint density at radius 2 is 2.03 bits per heavy atom. The topological polar surface area (TPSA) is 79.6 Å². The number of nitrogens with one attached hydrogen (secondary N) is 1. The standard InChI is InChI=1S/C23H27FN4O3/c1-14-11-16(15(2)25-20-6-4-5-19(24)18(20)13-29)21-17(12-14)22(30)27(3)23(26-21)28-7-9-31-10-8-28/h4-6,11-12,15,25,29H,7-10,13H2,1-3H3/t15-/m1/s1. The molecule has 4 rings (SSSR count). The van der Waals surface area contributed by atoms with Crippen molar-refractivity contribution in [3.63, 3.8) is 0 Å². The first-order valence-electron chi connectivity index (χ1n) is 10.4. The number of nitrogens with zero attached hydrogens (tertiary/aromatic N) is 3. The third kappa shape index (κ3) is 4.00. The molecule has 2 heterocycles. The van der Waals surface area contributed by atoms with Crippen molar-refractivity contribution in [1.82, 2.24) is 9.55 Å². The van der Waals surface area contributed by atoms with E-state index in [9.17, 15) is 14.3 Å². The van der Waals surface area contributed by atoms with Crippen LogP contribution in [0.2, 0.25) is 0 Å². The molecular weight excluding hydrogens is 399 g/mol. The summed E-state index contributed by atoms with van der Waals surface area (Å²) < 4.78 is 21.1. The predicted molar refractivity (Wildman–Crippen MR) is 119 cm³/mol. The molecule has 0 unspecified atom stereocenters. The normalized spacial score (nSPS) is 15.3. The van der Waals surface area contributed by atoms with E-state index in [0.29, 0.717) is 48.8 Å². The molecule has 7 nitrogen and oxygen atoms in total. The summed E-state index contributed by atoms with van der Waals surface area (Å²) in [6, 6.07) is 8.23. The van der Waals surface area contributed by atoms with Gasteiger partial charge in [-0.25, -0.2) is 9.37 Å². The number of hydrogen-bond donors (Lipinski definition) is 2. The number of halogens is 1. The van der Waals surface area contributed by atoms with E-state index in [4.69, 9.17) is 9.72 Å². The van der Waals surface area contributed by atoms with Gasteiger partial charge in [-0.3, -0.25) is 9.36 Å². The zero-order chi connectivity index (χ0) is 22.1. The molecular formula is C23H27FN4O3. The fourth-order valence-electron chi connectivity index (χ4n) is 4.08. The number of hydrogen-bond acceptors (Lipinski definition) is 6. The molecule has 8 heteroatoms. The number of benzene rings is 2. The molecule has 1 atom stereocenters. The highest BCUT2D eigenvalue weighted by Gasteiger charge is 2.21. The van der Waals surface area contributed by atoms with Crippen molar-refractivity contribution in [3.8, 4) is 0 Å². The van der Waals surface area contributed by atoms with Gasteiger partial charge in [0.15, 0.2) is 0 Å². The maximum absolute atomic E-state index is 14.1. The summed E-state index contributed by atoms with van der Waals surface area (Å²) in [5.41, 5.74) is 3.03. The molecule has 1 saturated heterocycles. The smallest absolute Gasteiger partial charge is 0.262 e. The Balaban J connectivity index is 1.82. The van der Waals surface area contributed by atoms with Crippen LogP contribution in [0.15, 0.2) is 35.1 Å². The molecule has 164 valence electrons. The number of aromatic nitrogens is 2. The van der Waals surface area contributed by atoms with E-state index in [1.54, 1.807) is 23.7 Å². The third-order valence-electron chi connectivity index (χ3n) is 5.74. The molecule has 1 aliphatic heterocycles. The van der Waals surface area contributed by atoms with Gasteiger partial charge in [0.2, 0.25) is 5.95 Å². The molecule has 0 radical (unpaired) electrons. The molecule has 0 aliphatic carbocycles. The highest BCUT2D eigenvalue weighted by molar-refractivity contribution is 5.84. The Bertz CT molecular complexity index is 1170. The van der Waals surface area contributed by atoms with Crippen LogP contribution < -0.4 is 15.8 Å². The predicted octanol–water partition coefficient (Wildman–Crippen LogP) is 2.88. The number of morpholine rings is 1. The zero-order valence-corrected chi connectivity index (χ0v) is 18.0. The zero-order valence-electron chi connectivity index (χ0n) is 18.0. The summed E-state index contributed by atoms with van der Waals surface area (Å²) in [5.74, 6) is 0.148. The van der Waals surface area contributed by atoms with Crippen LogP contribution in [0.5, 0.6) is 0 Å². The maximum atomic E-state index is 14.1. The minimum absolute atomic E-state index is 0.106. The van der Waals surface area contributed by atoms with E-state index in [0.717, 1.165) is 11.1 Å². The van der Waals surface area contributed by atoms with Gasteiger partial charge in [-0.1, -0.05) is 12.1 Å². The van der Waals surface area contributed by atoms with Crippen LogP contribution in [-0.2, 0) is 18.4 Å². The molecule has 2 aromatic carbocycles. The highest BCUT2D eigenvalue weighted by Crippen LogP contribution is 2.29. The van der Waals surface area contributed by atoms with Gasteiger partial charge in [-0.05, 0) is 37.6 Å². The van der Waals surface area contributed by atoms with Gasteiger partial charge < -0.3 is 20.1 Å². The second-order valence-electron chi connectivity index (χ2n) is 7.92. The fourth-order valence-corrected chi connectivity index (χ4v) is 4.08. The van der Waals surface area contributed by atoms with Crippen LogP contribution in [0.1, 0.15) is 29.7 Å². The van der Waals surface area contributed by atoms with E-state index in [1.807, 2.05) is 26.0 Å². The van der Waals surface area contributed by atoms with Crippen molar-refractivity contribution in [2.75, 3.05) is 36.5 Å².